The average Bonchev–Trinajstić information content (AvgIpc) is 3.24. The first-order valence-corrected chi connectivity index (χ1v) is 7.85. The first-order chi connectivity index (χ1) is 10.8. The van der Waals surface area contributed by atoms with Gasteiger partial charge in [-0.1, -0.05) is 6.08 Å². The van der Waals surface area contributed by atoms with Crippen LogP contribution in [0.15, 0.2) is 30.6 Å². The summed E-state index contributed by atoms with van der Waals surface area (Å²) in [5.41, 5.74) is 4.48. The van der Waals surface area contributed by atoms with Crippen molar-refractivity contribution in [1.29, 1.82) is 0 Å². The summed E-state index contributed by atoms with van der Waals surface area (Å²) in [7, 11) is 0. The standard InChI is InChI=1S/C17H19N3O2/c21-17(15-4-2-10-22-15)20-8-5-12(6-9-20)13-11-19-14-3-1-7-18-16(13)14/h1,3,5,7,11,15,19H,2,4,6,8-10H2. The van der Waals surface area contributed by atoms with E-state index >= 15 is 0 Å². The molecule has 0 radical (unpaired) electrons. The lowest BCUT2D eigenvalue weighted by Gasteiger charge is -2.28. The monoisotopic (exact) mass is 297 g/mol. The molecule has 0 aromatic carbocycles. The minimum absolute atomic E-state index is 0.143. The SMILES string of the molecule is O=C(C1CCCO1)N1CC=C(c2c[nH]c3cccnc23)CC1. The summed E-state index contributed by atoms with van der Waals surface area (Å²) in [6.45, 7) is 2.13. The zero-order valence-corrected chi connectivity index (χ0v) is 12.4. The van der Waals surface area contributed by atoms with Gasteiger partial charge in [0.15, 0.2) is 0 Å². The highest BCUT2D eigenvalue weighted by Gasteiger charge is 2.29. The van der Waals surface area contributed by atoms with E-state index in [1.54, 1.807) is 0 Å². The van der Waals surface area contributed by atoms with E-state index in [1.807, 2.05) is 29.4 Å². The van der Waals surface area contributed by atoms with Gasteiger partial charge in [0, 0.05) is 37.7 Å². The topological polar surface area (TPSA) is 58.2 Å². The fourth-order valence-corrected chi connectivity index (χ4v) is 3.29. The lowest BCUT2D eigenvalue weighted by atomic mass is 10.0. The highest BCUT2D eigenvalue weighted by Crippen LogP contribution is 2.28. The molecule has 4 rings (SSSR count). The number of H-pyrrole nitrogens is 1. The number of hydrogen-bond donors (Lipinski definition) is 1. The number of aromatic nitrogens is 2. The molecule has 5 heteroatoms. The van der Waals surface area contributed by atoms with Gasteiger partial charge in [-0.2, -0.15) is 0 Å². The van der Waals surface area contributed by atoms with Crippen LogP contribution in [-0.2, 0) is 9.53 Å². The van der Waals surface area contributed by atoms with Crippen molar-refractivity contribution < 1.29 is 9.53 Å². The number of rotatable bonds is 2. The van der Waals surface area contributed by atoms with E-state index in [0.29, 0.717) is 13.2 Å². The zero-order valence-electron chi connectivity index (χ0n) is 12.4. The second-order valence-electron chi connectivity index (χ2n) is 5.87. The van der Waals surface area contributed by atoms with Gasteiger partial charge in [-0.25, -0.2) is 0 Å². The third kappa shape index (κ3) is 2.31. The number of hydrogen-bond acceptors (Lipinski definition) is 3. The summed E-state index contributed by atoms with van der Waals surface area (Å²) in [5.74, 6) is 0.143. The van der Waals surface area contributed by atoms with E-state index in [1.165, 1.54) is 5.57 Å². The fourth-order valence-electron chi connectivity index (χ4n) is 3.29. The van der Waals surface area contributed by atoms with Gasteiger partial charge in [0.2, 0.25) is 0 Å². The van der Waals surface area contributed by atoms with Crippen LogP contribution in [0, 0.1) is 0 Å². The molecule has 0 saturated carbocycles. The van der Waals surface area contributed by atoms with Crippen molar-refractivity contribution in [2.45, 2.75) is 25.4 Å². The molecule has 4 heterocycles. The first-order valence-electron chi connectivity index (χ1n) is 7.85. The Morgan fingerprint density at radius 1 is 1.45 bits per heavy atom. The number of nitrogens with one attached hydrogen (secondary N) is 1. The third-order valence-corrected chi connectivity index (χ3v) is 4.51. The Labute approximate surface area is 129 Å². The van der Waals surface area contributed by atoms with Crippen LogP contribution in [0.4, 0.5) is 0 Å². The van der Waals surface area contributed by atoms with Crippen LogP contribution in [0.3, 0.4) is 0 Å². The second-order valence-corrected chi connectivity index (χ2v) is 5.87. The van der Waals surface area contributed by atoms with Gasteiger partial charge in [0.05, 0.1) is 11.0 Å². The molecule has 0 spiro atoms. The second kappa shape index (κ2) is 5.57. The van der Waals surface area contributed by atoms with Crippen molar-refractivity contribution in [3.8, 4) is 0 Å². The lowest BCUT2D eigenvalue weighted by molar-refractivity contribution is -0.140. The quantitative estimate of drug-likeness (QED) is 0.925. The summed E-state index contributed by atoms with van der Waals surface area (Å²) >= 11 is 0. The molecule has 2 aromatic rings. The average molecular weight is 297 g/mol. The molecule has 2 aliphatic rings. The van der Waals surface area contributed by atoms with Gasteiger partial charge in [0.1, 0.15) is 6.10 Å². The van der Waals surface area contributed by atoms with E-state index in [0.717, 1.165) is 42.4 Å². The molecule has 1 fully saturated rings. The Balaban J connectivity index is 1.52. The van der Waals surface area contributed by atoms with Crippen LogP contribution in [0.5, 0.6) is 0 Å². The Morgan fingerprint density at radius 2 is 2.41 bits per heavy atom. The highest BCUT2D eigenvalue weighted by molar-refractivity contribution is 5.90. The van der Waals surface area contributed by atoms with Crippen molar-refractivity contribution >= 4 is 22.5 Å². The van der Waals surface area contributed by atoms with Crippen LogP contribution in [0.25, 0.3) is 16.6 Å². The van der Waals surface area contributed by atoms with E-state index in [9.17, 15) is 4.79 Å². The van der Waals surface area contributed by atoms with Crippen LogP contribution < -0.4 is 0 Å². The van der Waals surface area contributed by atoms with Crippen molar-refractivity contribution in [2.75, 3.05) is 19.7 Å². The van der Waals surface area contributed by atoms with Gasteiger partial charge < -0.3 is 14.6 Å². The number of carbonyl (C=O) groups is 1. The van der Waals surface area contributed by atoms with Gasteiger partial charge in [-0.15, -0.1) is 0 Å². The van der Waals surface area contributed by atoms with Crippen LogP contribution in [0.1, 0.15) is 24.8 Å². The fraction of sp³-hybridized carbons (Fsp3) is 0.412. The van der Waals surface area contributed by atoms with Crippen molar-refractivity contribution in [3.63, 3.8) is 0 Å². The predicted molar refractivity (Wildman–Crippen MR) is 84.2 cm³/mol. The Morgan fingerprint density at radius 3 is 3.18 bits per heavy atom. The molecule has 0 aliphatic carbocycles. The van der Waals surface area contributed by atoms with Crippen molar-refractivity contribution in [1.82, 2.24) is 14.9 Å². The maximum atomic E-state index is 12.4. The Hall–Kier alpha value is -2.14. The number of carbonyl (C=O) groups excluding carboxylic acids is 1. The Bertz CT molecular complexity index is 728. The van der Waals surface area contributed by atoms with Gasteiger partial charge >= 0.3 is 0 Å². The molecule has 114 valence electrons. The van der Waals surface area contributed by atoms with Crippen molar-refractivity contribution in [2.24, 2.45) is 0 Å². The molecule has 2 aromatic heterocycles. The first kappa shape index (κ1) is 13.5. The number of ether oxygens (including phenoxy) is 1. The minimum Gasteiger partial charge on any atom is -0.368 e. The summed E-state index contributed by atoms with van der Waals surface area (Å²) in [6.07, 6.45) is 8.47. The number of fused-ring (bicyclic) bond motifs is 1. The highest BCUT2D eigenvalue weighted by atomic mass is 16.5. The summed E-state index contributed by atoms with van der Waals surface area (Å²) in [5, 5.41) is 0. The largest absolute Gasteiger partial charge is 0.368 e. The van der Waals surface area contributed by atoms with Crippen LogP contribution in [-0.4, -0.2) is 46.6 Å². The van der Waals surface area contributed by atoms with E-state index < -0.39 is 0 Å². The smallest absolute Gasteiger partial charge is 0.251 e. The molecule has 2 aliphatic heterocycles. The number of pyridine rings is 1. The lowest BCUT2D eigenvalue weighted by Crippen LogP contribution is -2.41. The molecular weight excluding hydrogens is 278 g/mol. The maximum Gasteiger partial charge on any atom is 0.251 e. The number of amides is 1. The van der Waals surface area contributed by atoms with Gasteiger partial charge in [0.25, 0.3) is 5.91 Å². The summed E-state index contributed by atoms with van der Waals surface area (Å²) in [4.78, 5) is 22.0. The Kier molecular flexibility index (Phi) is 3.42. The summed E-state index contributed by atoms with van der Waals surface area (Å²) in [6, 6.07) is 3.96. The van der Waals surface area contributed by atoms with Crippen LogP contribution in [0.2, 0.25) is 0 Å². The van der Waals surface area contributed by atoms with E-state index in [4.69, 9.17) is 4.74 Å². The molecule has 22 heavy (non-hydrogen) atoms. The minimum atomic E-state index is -0.218. The third-order valence-electron chi connectivity index (χ3n) is 4.51. The normalized spacial score (nSPS) is 22.1. The molecule has 1 N–H and O–H groups in total. The molecule has 5 nitrogen and oxygen atoms in total. The molecule has 1 atom stereocenters. The number of nitrogens with zero attached hydrogens (tertiary/aromatic N) is 2. The zero-order chi connectivity index (χ0) is 14.9. The maximum absolute atomic E-state index is 12.4. The van der Waals surface area contributed by atoms with Crippen molar-refractivity contribution in [3.05, 3.63) is 36.2 Å². The molecule has 0 bridgehead atoms. The van der Waals surface area contributed by atoms with Crippen LogP contribution >= 0.6 is 0 Å². The molecule has 1 saturated heterocycles. The molecular formula is C17H19N3O2. The van der Waals surface area contributed by atoms with Gasteiger partial charge in [-0.05, 0) is 37.0 Å². The molecule has 1 amide bonds. The molecule has 1 unspecified atom stereocenters. The van der Waals surface area contributed by atoms with E-state index in [2.05, 4.69) is 16.0 Å². The van der Waals surface area contributed by atoms with E-state index in [-0.39, 0.29) is 12.0 Å². The number of aromatic amines is 1. The summed E-state index contributed by atoms with van der Waals surface area (Å²) < 4.78 is 5.50. The van der Waals surface area contributed by atoms with Gasteiger partial charge in [-0.3, -0.25) is 9.78 Å². The predicted octanol–water partition coefficient (Wildman–Crippen LogP) is 2.36.